The Morgan fingerprint density at radius 2 is 1.40 bits per heavy atom. The van der Waals surface area contributed by atoms with Crippen molar-refractivity contribution in [3.05, 3.63) is 12.2 Å². The second kappa shape index (κ2) is 10.6. The molecule has 0 aliphatic rings. The molecule has 0 aliphatic carbocycles. The molecule has 0 unspecified atom stereocenters. The third-order valence-corrected chi connectivity index (χ3v) is 6.17. The van der Waals surface area contributed by atoms with Crippen molar-refractivity contribution in [3.63, 3.8) is 0 Å². The average Bonchev–Trinajstić information content (AvgIpc) is 2.54. The molecule has 0 rings (SSSR count). The van der Waals surface area contributed by atoms with E-state index in [9.17, 15) is 4.79 Å². The molecular weight excluding hydrogens is 382 g/mol. The van der Waals surface area contributed by atoms with Crippen molar-refractivity contribution >= 4 is 5.97 Å². The van der Waals surface area contributed by atoms with E-state index >= 15 is 0 Å². The molecule has 0 radical (unpaired) electrons. The summed E-state index contributed by atoms with van der Waals surface area (Å²) in [7, 11) is 12.5. The lowest BCUT2D eigenvalue weighted by Crippen LogP contribution is -2.69. The number of rotatable bonds is 14. The van der Waals surface area contributed by atoms with Crippen molar-refractivity contribution < 1.29 is 33.0 Å². The first-order valence-corrected chi connectivity index (χ1v) is 11.0. The van der Waals surface area contributed by atoms with Crippen LogP contribution in [0.1, 0.15) is 60.8 Å². The van der Waals surface area contributed by atoms with Gasteiger partial charge in [-0.2, -0.15) is 4.65 Å². The van der Waals surface area contributed by atoms with Gasteiger partial charge in [-0.1, -0.05) is 19.9 Å². The molecule has 178 valence electrons. The Morgan fingerprint density at radius 1 is 0.867 bits per heavy atom. The van der Waals surface area contributed by atoms with Gasteiger partial charge in [-0.25, -0.2) is 4.79 Å². The average molecular weight is 433 g/mol. The van der Waals surface area contributed by atoms with Gasteiger partial charge < -0.3 is 4.74 Å². The fourth-order valence-corrected chi connectivity index (χ4v) is 3.08. The number of nitrogens with zero attached hydrogens (tertiary/aromatic N) is 3. The van der Waals surface area contributed by atoms with E-state index in [1.807, 2.05) is 28.2 Å². The van der Waals surface area contributed by atoms with Crippen LogP contribution in [0.5, 0.6) is 0 Å². The van der Waals surface area contributed by atoms with Crippen molar-refractivity contribution in [1.29, 1.82) is 0 Å². The maximum Gasteiger partial charge on any atom is 0.333 e. The highest BCUT2D eigenvalue weighted by Crippen LogP contribution is 2.33. The van der Waals surface area contributed by atoms with E-state index in [1.165, 1.54) is 0 Å². The molecule has 0 N–H and O–H groups in total. The second-order valence-electron chi connectivity index (χ2n) is 10.8. The summed E-state index contributed by atoms with van der Waals surface area (Å²) in [6.45, 7) is 18.0. The van der Waals surface area contributed by atoms with Gasteiger partial charge in [0, 0.05) is 39.7 Å². The molecule has 0 amide bonds. The van der Waals surface area contributed by atoms with Gasteiger partial charge in [0.25, 0.3) is 5.72 Å². The van der Waals surface area contributed by atoms with E-state index in [1.54, 1.807) is 6.92 Å². The third kappa shape index (κ3) is 8.63. The van der Waals surface area contributed by atoms with Crippen LogP contribution in [-0.4, -0.2) is 93.2 Å². The number of ether oxygens (including phenoxy) is 1. The lowest BCUT2D eigenvalue weighted by Gasteiger charge is -2.50. The molecular formula is C23H50N3O4+3. The van der Waals surface area contributed by atoms with E-state index < -0.39 is 11.4 Å². The van der Waals surface area contributed by atoms with Crippen molar-refractivity contribution in [1.82, 2.24) is 0 Å². The molecule has 0 atom stereocenters. The van der Waals surface area contributed by atoms with Crippen molar-refractivity contribution in [3.8, 4) is 0 Å². The van der Waals surface area contributed by atoms with Gasteiger partial charge in [0.15, 0.2) is 0 Å². The Hall–Kier alpha value is -0.990. The van der Waals surface area contributed by atoms with Gasteiger partial charge in [-0.3, -0.25) is 4.48 Å². The Morgan fingerprint density at radius 3 is 1.87 bits per heavy atom. The summed E-state index contributed by atoms with van der Waals surface area (Å²) in [6, 6.07) is 0. The summed E-state index contributed by atoms with van der Waals surface area (Å²) >= 11 is 0. The highest BCUT2D eigenvalue weighted by atomic mass is 16.8. The Labute approximate surface area is 185 Å². The van der Waals surface area contributed by atoms with E-state index in [4.69, 9.17) is 14.4 Å². The van der Waals surface area contributed by atoms with Crippen molar-refractivity contribution in [2.45, 2.75) is 72.3 Å². The quantitative estimate of drug-likeness (QED) is 0.104. The topological polar surface area (TPSA) is 44.8 Å². The van der Waals surface area contributed by atoms with Crippen LogP contribution in [0.3, 0.4) is 0 Å². The van der Waals surface area contributed by atoms with Gasteiger partial charge in [0.2, 0.25) is 5.72 Å². The molecule has 7 heteroatoms. The highest BCUT2D eigenvalue weighted by molar-refractivity contribution is 5.86. The van der Waals surface area contributed by atoms with Crippen LogP contribution in [0.2, 0.25) is 0 Å². The van der Waals surface area contributed by atoms with Gasteiger partial charge in [0.05, 0.1) is 41.3 Å². The zero-order valence-corrected chi connectivity index (χ0v) is 21.9. The normalized spacial score (nSPS) is 14.0. The smallest absolute Gasteiger partial charge is 0.333 e. The van der Waals surface area contributed by atoms with Crippen LogP contribution >= 0.6 is 0 Å². The van der Waals surface area contributed by atoms with Gasteiger partial charge in [0.1, 0.15) is 20.6 Å². The minimum Gasteiger partial charge on any atom is -0.462 e. The summed E-state index contributed by atoms with van der Waals surface area (Å²) in [6.07, 6.45) is 3.02. The highest BCUT2D eigenvalue weighted by Gasteiger charge is 2.53. The van der Waals surface area contributed by atoms with Crippen LogP contribution in [0, 0.1) is 0 Å². The Kier molecular flexibility index (Phi) is 10.2. The van der Waals surface area contributed by atoms with Crippen molar-refractivity contribution in [2.75, 3.05) is 62.0 Å². The SMILES string of the molecule is C=C(C)C(=O)OCCC[N+](C)(C)OC(C)(C)[N+](C)(C)OC(C)(C)[N+](C)(C)CCCC. The Bertz CT molecular complexity index is 581. The van der Waals surface area contributed by atoms with Crippen LogP contribution in [0.15, 0.2) is 12.2 Å². The number of hydrogen-bond donors (Lipinski definition) is 0. The zero-order valence-electron chi connectivity index (χ0n) is 21.9. The first kappa shape index (κ1) is 29.0. The number of carbonyl (C=O) groups excluding carboxylic acids is 1. The molecule has 0 fully saturated rings. The molecule has 30 heavy (non-hydrogen) atoms. The predicted molar refractivity (Wildman–Crippen MR) is 122 cm³/mol. The summed E-state index contributed by atoms with van der Waals surface area (Å²) in [5, 5.41) is 0. The largest absolute Gasteiger partial charge is 0.462 e. The third-order valence-electron chi connectivity index (χ3n) is 6.17. The lowest BCUT2D eigenvalue weighted by molar-refractivity contribution is -1.22. The zero-order chi connectivity index (χ0) is 24.0. The molecule has 7 nitrogen and oxygen atoms in total. The summed E-state index contributed by atoms with van der Waals surface area (Å²) in [5.74, 6) is -0.348. The Balaban J connectivity index is 5.08. The molecule has 0 saturated heterocycles. The van der Waals surface area contributed by atoms with Crippen LogP contribution < -0.4 is 0 Å². The molecule has 0 aliphatic heterocycles. The van der Waals surface area contributed by atoms with E-state index in [-0.39, 0.29) is 10.6 Å². The maximum absolute atomic E-state index is 11.5. The fourth-order valence-electron chi connectivity index (χ4n) is 3.08. The standard InChI is InChI=1S/C23H50N3O4/c1-14-15-17-24(8,9)22(4,5)30-26(12,13)23(6,7)29-25(10,11)18-16-19-28-21(27)20(2)3/h2,14-19H2,1,3-13H3/q+3. The molecule has 0 aromatic carbocycles. The number of quaternary nitrogens is 3. The molecule has 0 aromatic heterocycles. The number of carbonyl (C=O) groups is 1. The second-order valence-corrected chi connectivity index (χ2v) is 10.8. The molecule has 0 aromatic rings. The molecule has 0 bridgehead atoms. The van der Waals surface area contributed by atoms with Crippen LogP contribution in [-0.2, 0) is 19.2 Å². The maximum atomic E-state index is 11.5. The molecule has 0 saturated carbocycles. The van der Waals surface area contributed by atoms with Gasteiger partial charge in [-0.15, -0.1) is 14.3 Å². The van der Waals surface area contributed by atoms with Gasteiger partial charge in [-0.05, 0) is 13.3 Å². The minimum atomic E-state index is -0.611. The predicted octanol–water partition coefficient (Wildman–Crippen LogP) is 3.86. The van der Waals surface area contributed by atoms with Crippen LogP contribution in [0.4, 0.5) is 0 Å². The number of esters is 1. The minimum absolute atomic E-state index is 0.250. The monoisotopic (exact) mass is 432 g/mol. The first-order chi connectivity index (χ1) is 13.3. The summed E-state index contributed by atoms with van der Waals surface area (Å²) < 4.78 is 6.55. The van der Waals surface area contributed by atoms with E-state index in [0.717, 1.165) is 23.9 Å². The van der Waals surface area contributed by atoms with E-state index in [0.29, 0.717) is 29.8 Å². The van der Waals surface area contributed by atoms with Crippen LogP contribution in [0.25, 0.3) is 0 Å². The number of hydrogen-bond acceptors (Lipinski definition) is 4. The molecule has 0 heterocycles. The van der Waals surface area contributed by atoms with Crippen molar-refractivity contribution in [2.24, 2.45) is 0 Å². The molecule has 0 spiro atoms. The lowest BCUT2D eigenvalue weighted by atomic mass is 10.2. The number of unbranched alkanes of at least 4 members (excludes halogenated alkanes) is 1. The summed E-state index contributed by atoms with van der Waals surface area (Å²) in [5.41, 5.74) is -0.590. The van der Waals surface area contributed by atoms with Gasteiger partial charge >= 0.3 is 5.97 Å². The van der Waals surface area contributed by atoms with E-state index in [2.05, 4.69) is 55.3 Å². The summed E-state index contributed by atoms with van der Waals surface area (Å²) in [4.78, 5) is 24.7. The number of hydroxylamine groups is 6. The first-order valence-electron chi connectivity index (χ1n) is 11.0. The fraction of sp³-hybridized carbons (Fsp3) is 0.870.